The molecule has 2 N–H and O–H groups in total. The normalized spacial score (nSPS) is 11.5. The first-order valence-electron chi connectivity index (χ1n) is 5.81. The molecule has 0 aliphatic carbocycles. The monoisotopic (exact) mass is 240 g/mol. The van der Waals surface area contributed by atoms with E-state index in [0.29, 0.717) is 25.4 Å². The van der Waals surface area contributed by atoms with Crippen LogP contribution < -0.4 is 10.6 Å². The highest BCUT2D eigenvalue weighted by molar-refractivity contribution is 5.78. The van der Waals surface area contributed by atoms with Gasteiger partial charge in [0.15, 0.2) is 6.33 Å². The summed E-state index contributed by atoms with van der Waals surface area (Å²) < 4.78 is 4.84. The Morgan fingerprint density at radius 3 is 2.88 bits per heavy atom. The zero-order valence-corrected chi connectivity index (χ0v) is 10.6. The van der Waals surface area contributed by atoms with E-state index in [4.69, 9.17) is 4.52 Å². The lowest BCUT2D eigenvalue weighted by molar-refractivity contribution is -0.121. The van der Waals surface area contributed by atoms with Gasteiger partial charge in [0, 0.05) is 18.5 Å². The van der Waals surface area contributed by atoms with Crippen molar-refractivity contribution >= 4 is 5.91 Å². The topological polar surface area (TPSA) is 80.0 Å². The Bertz CT molecular complexity index is 335. The van der Waals surface area contributed by atoms with E-state index in [1.165, 1.54) is 6.33 Å². The van der Waals surface area contributed by atoms with E-state index in [1.807, 2.05) is 20.8 Å². The van der Waals surface area contributed by atoms with E-state index < -0.39 is 0 Å². The highest BCUT2D eigenvalue weighted by Gasteiger charge is 2.16. The Hall–Kier alpha value is -1.43. The Morgan fingerprint density at radius 2 is 2.29 bits per heavy atom. The van der Waals surface area contributed by atoms with Gasteiger partial charge in [-0.3, -0.25) is 4.79 Å². The molecule has 1 amide bonds. The first kappa shape index (κ1) is 13.6. The van der Waals surface area contributed by atoms with Crippen LogP contribution in [0.4, 0.5) is 0 Å². The Balaban J connectivity index is 2.12. The van der Waals surface area contributed by atoms with Crippen molar-refractivity contribution in [2.75, 3.05) is 13.1 Å². The number of hydrogen-bond donors (Lipinski definition) is 2. The summed E-state index contributed by atoms with van der Waals surface area (Å²) in [6.07, 6.45) is 2.90. The molecule has 0 unspecified atom stereocenters. The molecule has 0 aliphatic rings. The van der Waals surface area contributed by atoms with Crippen molar-refractivity contribution in [3.05, 3.63) is 12.2 Å². The van der Waals surface area contributed by atoms with E-state index >= 15 is 0 Å². The highest BCUT2D eigenvalue weighted by atomic mass is 16.5. The Labute approximate surface area is 101 Å². The van der Waals surface area contributed by atoms with Crippen LogP contribution in [0.5, 0.6) is 0 Å². The van der Waals surface area contributed by atoms with Gasteiger partial charge in [-0.1, -0.05) is 12.1 Å². The van der Waals surface area contributed by atoms with Gasteiger partial charge < -0.3 is 15.2 Å². The first-order chi connectivity index (χ1) is 8.03. The molecular weight excluding hydrogens is 220 g/mol. The molecule has 0 aliphatic heterocycles. The van der Waals surface area contributed by atoms with Crippen LogP contribution >= 0.6 is 0 Å². The van der Waals surface area contributed by atoms with Crippen molar-refractivity contribution in [3.63, 3.8) is 0 Å². The van der Waals surface area contributed by atoms with Gasteiger partial charge in [0.1, 0.15) is 0 Å². The maximum Gasteiger partial charge on any atom is 0.234 e. The highest BCUT2D eigenvalue weighted by Crippen LogP contribution is 2.05. The second-order valence-corrected chi connectivity index (χ2v) is 4.55. The molecule has 0 fully saturated rings. The molecule has 17 heavy (non-hydrogen) atoms. The fourth-order valence-corrected chi connectivity index (χ4v) is 1.21. The van der Waals surface area contributed by atoms with Crippen LogP contribution in [0, 0.1) is 0 Å². The number of hydrogen-bond acceptors (Lipinski definition) is 5. The number of carbonyl (C=O) groups excluding carboxylic acids is 1. The van der Waals surface area contributed by atoms with Gasteiger partial charge in [-0.05, 0) is 20.3 Å². The summed E-state index contributed by atoms with van der Waals surface area (Å²) in [5, 5.41) is 9.48. The van der Waals surface area contributed by atoms with Gasteiger partial charge >= 0.3 is 0 Å². The van der Waals surface area contributed by atoms with Crippen molar-refractivity contribution in [2.24, 2.45) is 0 Å². The third-order valence-corrected chi connectivity index (χ3v) is 2.57. The van der Waals surface area contributed by atoms with Gasteiger partial charge in [-0.2, -0.15) is 4.98 Å². The maximum atomic E-state index is 11.6. The van der Waals surface area contributed by atoms with Crippen LogP contribution in [0.1, 0.15) is 33.1 Å². The number of amides is 1. The van der Waals surface area contributed by atoms with E-state index in [0.717, 1.165) is 6.42 Å². The van der Waals surface area contributed by atoms with E-state index in [-0.39, 0.29) is 11.4 Å². The molecule has 0 radical (unpaired) electrons. The van der Waals surface area contributed by atoms with Gasteiger partial charge in [-0.15, -0.1) is 0 Å². The Kier molecular flexibility index (Phi) is 5.09. The smallest absolute Gasteiger partial charge is 0.234 e. The fourth-order valence-electron chi connectivity index (χ4n) is 1.21. The van der Waals surface area contributed by atoms with Crippen molar-refractivity contribution < 1.29 is 9.32 Å². The number of carbonyl (C=O) groups is 1. The van der Waals surface area contributed by atoms with Gasteiger partial charge in [0.25, 0.3) is 0 Å². The summed E-state index contributed by atoms with van der Waals surface area (Å²) in [7, 11) is 0. The van der Waals surface area contributed by atoms with Crippen molar-refractivity contribution in [2.45, 2.75) is 39.2 Å². The molecule has 1 heterocycles. The molecule has 1 aromatic rings. The predicted octanol–water partition coefficient (Wildman–Crippen LogP) is 0.506. The van der Waals surface area contributed by atoms with Crippen LogP contribution in [0.3, 0.4) is 0 Å². The molecule has 0 saturated carbocycles. The minimum Gasteiger partial charge on any atom is -0.350 e. The van der Waals surface area contributed by atoms with Crippen molar-refractivity contribution in [1.29, 1.82) is 0 Å². The minimum absolute atomic E-state index is 0.00220. The molecule has 0 spiro atoms. The molecule has 0 aromatic carbocycles. The quantitative estimate of drug-likeness (QED) is 0.679. The minimum atomic E-state index is -0.148. The average molecular weight is 240 g/mol. The second-order valence-electron chi connectivity index (χ2n) is 4.55. The lowest BCUT2D eigenvalue weighted by atomic mass is 10.0. The molecule has 1 aromatic heterocycles. The SMILES string of the molecule is CCC(C)(C)NC(=O)CNCCc1ncno1. The summed E-state index contributed by atoms with van der Waals surface area (Å²) in [5.41, 5.74) is -0.148. The molecule has 6 nitrogen and oxygen atoms in total. The first-order valence-corrected chi connectivity index (χ1v) is 5.81. The molecule has 96 valence electrons. The average Bonchev–Trinajstić information content (AvgIpc) is 2.77. The largest absolute Gasteiger partial charge is 0.350 e. The number of nitrogens with one attached hydrogen (secondary N) is 2. The molecule has 0 saturated heterocycles. The van der Waals surface area contributed by atoms with Crippen LogP contribution in [-0.4, -0.2) is 34.7 Å². The summed E-state index contributed by atoms with van der Waals surface area (Å²) in [6, 6.07) is 0. The van der Waals surface area contributed by atoms with E-state index in [1.54, 1.807) is 0 Å². The van der Waals surface area contributed by atoms with Crippen LogP contribution in [0.2, 0.25) is 0 Å². The Morgan fingerprint density at radius 1 is 1.53 bits per heavy atom. The molecule has 1 rings (SSSR count). The molecule has 0 bridgehead atoms. The van der Waals surface area contributed by atoms with Crippen LogP contribution in [0.25, 0.3) is 0 Å². The number of aromatic nitrogens is 2. The predicted molar refractivity (Wildman–Crippen MR) is 63.4 cm³/mol. The van der Waals surface area contributed by atoms with Gasteiger partial charge in [0.05, 0.1) is 6.54 Å². The molecule has 6 heteroatoms. The number of rotatable bonds is 7. The standard InChI is InChI=1S/C11H20N4O2/c1-4-11(2,3)15-9(16)7-12-6-5-10-13-8-14-17-10/h8,12H,4-7H2,1-3H3,(H,15,16). The lowest BCUT2D eigenvalue weighted by Crippen LogP contribution is -2.46. The summed E-state index contributed by atoms with van der Waals surface area (Å²) in [6.45, 7) is 7.00. The summed E-state index contributed by atoms with van der Waals surface area (Å²) >= 11 is 0. The third-order valence-electron chi connectivity index (χ3n) is 2.57. The molecular formula is C11H20N4O2. The zero-order chi connectivity index (χ0) is 12.7. The summed E-state index contributed by atoms with van der Waals surface area (Å²) in [4.78, 5) is 15.4. The second kappa shape index (κ2) is 6.34. The fraction of sp³-hybridized carbons (Fsp3) is 0.727. The van der Waals surface area contributed by atoms with E-state index in [2.05, 4.69) is 20.8 Å². The lowest BCUT2D eigenvalue weighted by Gasteiger charge is -2.24. The van der Waals surface area contributed by atoms with Crippen LogP contribution in [-0.2, 0) is 11.2 Å². The molecule has 0 atom stereocenters. The number of nitrogens with zero attached hydrogens (tertiary/aromatic N) is 2. The maximum absolute atomic E-state index is 11.6. The van der Waals surface area contributed by atoms with E-state index in [9.17, 15) is 4.79 Å². The third kappa shape index (κ3) is 5.44. The summed E-state index contributed by atoms with van der Waals surface area (Å²) in [5.74, 6) is 0.578. The van der Waals surface area contributed by atoms with Crippen LogP contribution in [0.15, 0.2) is 10.9 Å². The van der Waals surface area contributed by atoms with Gasteiger partial charge in [0.2, 0.25) is 11.8 Å². The zero-order valence-electron chi connectivity index (χ0n) is 10.6. The van der Waals surface area contributed by atoms with Crippen molar-refractivity contribution in [3.8, 4) is 0 Å². The van der Waals surface area contributed by atoms with Crippen molar-refractivity contribution in [1.82, 2.24) is 20.8 Å². The van der Waals surface area contributed by atoms with Gasteiger partial charge in [-0.25, -0.2) is 0 Å².